The molecule has 0 aromatic heterocycles. The summed E-state index contributed by atoms with van der Waals surface area (Å²) in [6.45, 7) is 2.18. The van der Waals surface area contributed by atoms with Crippen LogP contribution in [0.25, 0.3) is 0 Å². The molecule has 3 N–H and O–H groups in total. The molecule has 0 heterocycles. The smallest absolute Gasteiger partial charge is 0.278 e. The fourth-order valence-corrected chi connectivity index (χ4v) is 2.91. The maximum Gasteiger partial charge on any atom is 0.278 e. The summed E-state index contributed by atoms with van der Waals surface area (Å²) in [4.78, 5) is 0. The molecule has 1 unspecified atom stereocenters. The third kappa shape index (κ3) is 9.04. The van der Waals surface area contributed by atoms with E-state index >= 15 is 0 Å². The van der Waals surface area contributed by atoms with E-state index in [1.165, 1.54) is 31.4 Å². The summed E-state index contributed by atoms with van der Waals surface area (Å²) in [5.74, 6) is -3.39. The molecule has 0 saturated heterocycles. The highest BCUT2D eigenvalue weighted by Crippen LogP contribution is 2.25. The van der Waals surface area contributed by atoms with Gasteiger partial charge in [0.25, 0.3) is 5.97 Å². The van der Waals surface area contributed by atoms with Crippen molar-refractivity contribution in [3.8, 4) is 0 Å². The van der Waals surface area contributed by atoms with Crippen molar-refractivity contribution >= 4 is 0 Å². The third-order valence-electron chi connectivity index (χ3n) is 4.39. The molecule has 1 atom stereocenters. The van der Waals surface area contributed by atoms with Crippen LogP contribution in [0.3, 0.4) is 0 Å². The molecule has 1 aromatic rings. The number of aryl methyl sites for hydroxylation is 1. The normalized spacial score (nSPS) is 13.3. The summed E-state index contributed by atoms with van der Waals surface area (Å²) in [6.07, 6.45) is 9.40. The fraction of sp³-hybridized carbons (Fsp3) is 0.684. The van der Waals surface area contributed by atoms with Crippen molar-refractivity contribution in [3.63, 3.8) is 0 Å². The van der Waals surface area contributed by atoms with Gasteiger partial charge in [-0.15, -0.1) is 0 Å². The molecule has 1 aromatic carbocycles. The van der Waals surface area contributed by atoms with E-state index in [1.54, 1.807) is 12.1 Å². The Hall–Kier alpha value is -0.970. The second-order valence-electron chi connectivity index (χ2n) is 6.46. The molecule has 23 heavy (non-hydrogen) atoms. The first-order valence-electron chi connectivity index (χ1n) is 8.85. The maximum absolute atomic E-state index is 12.8. The highest BCUT2D eigenvalue weighted by molar-refractivity contribution is 5.15. The molecule has 0 spiro atoms. The quantitative estimate of drug-likeness (QED) is 0.399. The van der Waals surface area contributed by atoms with E-state index in [9.17, 15) is 19.7 Å². The predicted molar refractivity (Wildman–Crippen MR) is 90.2 cm³/mol. The van der Waals surface area contributed by atoms with Crippen LogP contribution < -0.4 is 0 Å². The highest BCUT2D eigenvalue weighted by atomic mass is 19.1. The standard InChI is InChI=1S/C19H31FO3/c1-2-3-4-5-6-7-10-17(19(21,22)23)11-8-9-16-12-14-18(20)15-13-16/h12-15,17,21-23H,2-11H2,1H3. The Morgan fingerprint density at radius 3 is 2.04 bits per heavy atom. The molecule has 3 nitrogen and oxygen atoms in total. The number of benzene rings is 1. The van der Waals surface area contributed by atoms with E-state index in [4.69, 9.17) is 0 Å². The first-order chi connectivity index (χ1) is 10.9. The number of aliphatic hydroxyl groups is 3. The molecule has 0 aliphatic heterocycles. The minimum atomic E-state index is -2.60. The molecule has 0 aliphatic carbocycles. The average Bonchev–Trinajstić information content (AvgIpc) is 2.49. The van der Waals surface area contributed by atoms with Gasteiger partial charge in [-0.05, 0) is 43.4 Å². The molecule has 0 amide bonds. The van der Waals surface area contributed by atoms with Gasteiger partial charge in [-0.2, -0.15) is 0 Å². The van der Waals surface area contributed by atoms with Crippen molar-refractivity contribution in [2.24, 2.45) is 5.92 Å². The Kier molecular flexibility index (Phi) is 9.37. The van der Waals surface area contributed by atoms with Gasteiger partial charge >= 0.3 is 0 Å². The van der Waals surface area contributed by atoms with Crippen molar-refractivity contribution in [3.05, 3.63) is 35.6 Å². The van der Waals surface area contributed by atoms with Gasteiger partial charge in [-0.3, -0.25) is 0 Å². The lowest BCUT2D eigenvalue weighted by atomic mass is 9.92. The van der Waals surface area contributed by atoms with Crippen molar-refractivity contribution in [2.45, 2.75) is 77.1 Å². The van der Waals surface area contributed by atoms with Crippen LogP contribution in [-0.2, 0) is 6.42 Å². The molecule has 132 valence electrons. The zero-order chi connectivity index (χ0) is 17.1. The van der Waals surface area contributed by atoms with Crippen molar-refractivity contribution in [1.82, 2.24) is 0 Å². The van der Waals surface area contributed by atoms with Gasteiger partial charge < -0.3 is 15.3 Å². The summed E-state index contributed by atoms with van der Waals surface area (Å²) < 4.78 is 12.8. The first kappa shape index (κ1) is 20.1. The van der Waals surface area contributed by atoms with E-state index in [2.05, 4.69) is 6.92 Å². The van der Waals surface area contributed by atoms with Crippen LogP contribution in [0, 0.1) is 11.7 Å². The van der Waals surface area contributed by atoms with E-state index in [-0.39, 0.29) is 5.82 Å². The summed E-state index contributed by atoms with van der Waals surface area (Å²) in [7, 11) is 0. The number of hydrogen-bond donors (Lipinski definition) is 3. The lowest BCUT2D eigenvalue weighted by Gasteiger charge is -2.26. The second kappa shape index (κ2) is 10.7. The lowest BCUT2D eigenvalue weighted by molar-refractivity contribution is -0.344. The Morgan fingerprint density at radius 2 is 1.43 bits per heavy atom. The Bertz CT molecular complexity index is 412. The highest BCUT2D eigenvalue weighted by Gasteiger charge is 2.30. The molecule has 0 saturated carbocycles. The van der Waals surface area contributed by atoms with Gasteiger partial charge in [0.05, 0.1) is 0 Å². The Morgan fingerprint density at radius 1 is 0.870 bits per heavy atom. The number of halogens is 1. The zero-order valence-corrected chi connectivity index (χ0v) is 14.2. The molecule has 0 fully saturated rings. The predicted octanol–water partition coefficient (Wildman–Crippen LogP) is 4.15. The van der Waals surface area contributed by atoms with E-state index in [0.717, 1.165) is 37.7 Å². The third-order valence-corrected chi connectivity index (χ3v) is 4.39. The lowest BCUT2D eigenvalue weighted by Crippen LogP contribution is -2.37. The minimum Gasteiger partial charge on any atom is -0.343 e. The molecular formula is C19H31FO3. The van der Waals surface area contributed by atoms with Crippen LogP contribution in [0.1, 0.15) is 70.3 Å². The maximum atomic E-state index is 12.8. The average molecular weight is 326 g/mol. The van der Waals surface area contributed by atoms with Crippen LogP contribution in [-0.4, -0.2) is 21.3 Å². The second-order valence-corrected chi connectivity index (χ2v) is 6.46. The van der Waals surface area contributed by atoms with Crippen LogP contribution in [0.5, 0.6) is 0 Å². The Balaban J connectivity index is 2.29. The first-order valence-corrected chi connectivity index (χ1v) is 8.85. The van der Waals surface area contributed by atoms with E-state index < -0.39 is 11.9 Å². The van der Waals surface area contributed by atoms with Gasteiger partial charge in [0.15, 0.2) is 0 Å². The molecule has 0 aliphatic rings. The molecule has 0 bridgehead atoms. The van der Waals surface area contributed by atoms with E-state index in [1.807, 2.05) is 0 Å². The molecular weight excluding hydrogens is 295 g/mol. The van der Waals surface area contributed by atoms with Gasteiger partial charge in [-0.1, -0.05) is 57.6 Å². The van der Waals surface area contributed by atoms with Gasteiger partial charge in [-0.25, -0.2) is 4.39 Å². The Labute approximate surface area is 139 Å². The number of hydrogen-bond acceptors (Lipinski definition) is 3. The van der Waals surface area contributed by atoms with Crippen LogP contribution in [0.2, 0.25) is 0 Å². The number of unbranched alkanes of at least 4 members (excludes halogenated alkanes) is 5. The molecule has 1 rings (SSSR count). The molecule has 0 radical (unpaired) electrons. The van der Waals surface area contributed by atoms with Crippen LogP contribution >= 0.6 is 0 Å². The molecule has 4 heteroatoms. The summed E-state index contributed by atoms with van der Waals surface area (Å²) in [6, 6.07) is 6.33. The van der Waals surface area contributed by atoms with Crippen LogP contribution in [0.4, 0.5) is 4.39 Å². The van der Waals surface area contributed by atoms with Crippen LogP contribution in [0.15, 0.2) is 24.3 Å². The minimum absolute atomic E-state index is 0.255. The zero-order valence-electron chi connectivity index (χ0n) is 14.2. The van der Waals surface area contributed by atoms with E-state index in [0.29, 0.717) is 12.8 Å². The van der Waals surface area contributed by atoms with Gasteiger partial charge in [0, 0.05) is 5.92 Å². The topological polar surface area (TPSA) is 60.7 Å². The summed E-state index contributed by atoms with van der Waals surface area (Å²) in [5.41, 5.74) is 1.02. The summed E-state index contributed by atoms with van der Waals surface area (Å²) >= 11 is 0. The SMILES string of the molecule is CCCCCCCCC(CCCc1ccc(F)cc1)C(O)(O)O. The van der Waals surface area contributed by atoms with Gasteiger partial charge in [0.1, 0.15) is 5.82 Å². The van der Waals surface area contributed by atoms with Crippen molar-refractivity contribution in [1.29, 1.82) is 0 Å². The number of rotatable bonds is 12. The summed E-state index contributed by atoms with van der Waals surface area (Å²) in [5, 5.41) is 28.5. The van der Waals surface area contributed by atoms with Crippen molar-refractivity contribution < 1.29 is 19.7 Å². The monoisotopic (exact) mass is 326 g/mol. The fourth-order valence-electron chi connectivity index (χ4n) is 2.91. The van der Waals surface area contributed by atoms with Crippen molar-refractivity contribution in [2.75, 3.05) is 0 Å². The van der Waals surface area contributed by atoms with Gasteiger partial charge in [0.2, 0.25) is 0 Å². The largest absolute Gasteiger partial charge is 0.343 e.